The van der Waals surface area contributed by atoms with Crippen LogP contribution in [-0.4, -0.2) is 36.4 Å². The number of hydrogen-bond donors (Lipinski definition) is 6. The molecule has 0 saturated carbocycles. The molecule has 2 aromatic carbocycles. The van der Waals surface area contributed by atoms with Crippen molar-refractivity contribution in [2.45, 2.75) is 26.2 Å². The number of benzene rings is 2. The van der Waals surface area contributed by atoms with Gasteiger partial charge in [-0.2, -0.15) is 0 Å². The van der Waals surface area contributed by atoms with Crippen LogP contribution in [0.1, 0.15) is 36.5 Å². The maximum Gasteiger partial charge on any atom is 0.173 e. The monoisotopic (exact) mass is 308 g/mol. The van der Waals surface area contributed by atoms with Crippen LogP contribution in [0.25, 0.3) is 10.8 Å². The molecule has 22 heavy (non-hydrogen) atoms. The van der Waals surface area contributed by atoms with Crippen molar-refractivity contribution in [2.75, 3.05) is 0 Å². The predicted molar refractivity (Wildman–Crippen MR) is 77.8 cm³/mol. The Hall–Kier alpha value is -2.83. The standard InChI is InChI=1S/C15H16O7/c1-2-3-4-6(16)10-13(20)9-7(17)5-8(18)12(19)11(9)15(22)14(10)21/h5,17-22H,2-4H2,1H3. The first-order chi connectivity index (χ1) is 10.3. The minimum Gasteiger partial charge on any atom is -0.507 e. The third-order valence-corrected chi connectivity index (χ3v) is 3.47. The molecule has 0 aliphatic heterocycles. The van der Waals surface area contributed by atoms with Gasteiger partial charge in [0.05, 0.1) is 10.8 Å². The Bertz CT molecular complexity index is 765. The molecule has 0 amide bonds. The van der Waals surface area contributed by atoms with Crippen molar-refractivity contribution >= 4 is 16.6 Å². The van der Waals surface area contributed by atoms with E-state index in [1.54, 1.807) is 0 Å². The molecular weight excluding hydrogens is 292 g/mol. The molecule has 0 spiro atoms. The number of hydrogen-bond acceptors (Lipinski definition) is 7. The topological polar surface area (TPSA) is 138 Å². The zero-order valence-electron chi connectivity index (χ0n) is 11.8. The largest absolute Gasteiger partial charge is 0.507 e. The summed E-state index contributed by atoms with van der Waals surface area (Å²) in [6, 6.07) is 0.758. The zero-order valence-corrected chi connectivity index (χ0v) is 11.8. The lowest BCUT2D eigenvalue weighted by Gasteiger charge is -2.14. The van der Waals surface area contributed by atoms with Crippen LogP contribution in [0.15, 0.2) is 6.07 Å². The maximum absolute atomic E-state index is 12.1. The first-order valence-electron chi connectivity index (χ1n) is 6.68. The van der Waals surface area contributed by atoms with Gasteiger partial charge in [0.15, 0.2) is 28.8 Å². The minimum absolute atomic E-state index is 0.0351. The van der Waals surface area contributed by atoms with E-state index in [2.05, 4.69) is 0 Å². The highest BCUT2D eigenvalue weighted by atomic mass is 16.3. The van der Waals surface area contributed by atoms with E-state index < -0.39 is 56.6 Å². The smallest absolute Gasteiger partial charge is 0.173 e. The Labute approximate surface area is 125 Å². The Morgan fingerprint density at radius 2 is 1.50 bits per heavy atom. The number of carbonyl (C=O) groups is 1. The summed E-state index contributed by atoms with van der Waals surface area (Å²) in [5.41, 5.74) is -0.529. The summed E-state index contributed by atoms with van der Waals surface area (Å²) in [4.78, 5) is 12.1. The first kappa shape index (κ1) is 15.6. The number of aromatic hydroxyl groups is 6. The lowest BCUT2D eigenvalue weighted by Crippen LogP contribution is -2.01. The molecule has 0 atom stereocenters. The first-order valence-corrected chi connectivity index (χ1v) is 6.68. The van der Waals surface area contributed by atoms with Gasteiger partial charge in [0.25, 0.3) is 0 Å². The van der Waals surface area contributed by atoms with Gasteiger partial charge in [0.1, 0.15) is 17.1 Å². The fourth-order valence-electron chi connectivity index (χ4n) is 2.32. The van der Waals surface area contributed by atoms with E-state index in [4.69, 9.17) is 0 Å². The Morgan fingerprint density at radius 3 is 2.09 bits per heavy atom. The van der Waals surface area contributed by atoms with Crippen LogP contribution in [-0.2, 0) is 0 Å². The summed E-state index contributed by atoms with van der Waals surface area (Å²) in [5.74, 6) is -5.42. The van der Waals surface area contributed by atoms with Crippen molar-refractivity contribution in [1.29, 1.82) is 0 Å². The van der Waals surface area contributed by atoms with Crippen molar-refractivity contribution in [2.24, 2.45) is 0 Å². The fourth-order valence-corrected chi connectivity index (χ4v) is 2.32. The van der Waals surface area contributed by atoms with Gasteiger partial charge < -0.3 is 30.6 Å². The van der Waals surface area contributed by atoms with Crippen molar-refractivity contribution in [1.82, 2.24) is 0 Å². The molecule has 0 aromatic heterocycles. The number of phenolic OH excluding ortho intramolecular Hbond substituents is 6. The summed E-state index contributed by atoms with van der Waals surface area (Å²) in [7, 11) is 0. The molecule has 0 bridgehead atoms. The van der Waals surface area contributed by atoms with Gasteiger partial charge in [-0.1, -0.05) is 13.3 Å². The average molecular weight is 308 g/mol. The molecule has 0 aliphatic rings. The van der Waals surface area contributed by atoms with Gasteiger partial charge in [-0.3, -0.25) is 4.79 Å². The van der Waals surface area contributed by atoms with Crippen molar-refractivity contribution in [3.63, 3.8) is 0 Å². The number of unbranched alkanes of at least 4 members (excludes halogenated alkanes) is 1. The second-order valence-electron chi connectivity index (χ2n) is 4.96. The molecule has 0 fully saturated rings. The molecule has 0 heterocycles. The van der Waals surface area contributed by atoms with Crippen molar-refractivity contribution < 1.29 is 35.4 Å². The Balaban J connectivity index is 2.85. The molecule has 6 N–H and O–H groups in total. The predicted octanol–water partition coefficient (Wildman–Crippen LogP) is 2.45. The van der Waals surface area contributed by atoms with Crippen LogP contribution < -0.4 is 0 Å². The third kappa shape index (κ3) is 2.20. The number of carbonyl (C=O) groups excluding carboxylic acids is 1. The highest BCUT2D eigenvalue weighted by molar-refractivity contribution is 6.13. The second-order valence-corrected chi connectivity index (χ2v) is 4.96. The van der Waals surface area contributed by atoms with Gasteiger partial charge in [-0.15, -0.1) is 0 Å². The minimum atomic E-state index is -0.911. The average Bonchev–Trinajstić information content (AvgIpc) is 2.46. The molecule has 0 saturated heterocycles. The van der Waals surface area contributed by atoms with Crippen molar-refractivity contribution in [3.8, 4) is 34.5 Å². The molecule has 7 nitrogen and oxygen atoms in total. The number of phenols is 6. The van der Waals surface area contributed by atoms with Gasteiger partial charge in [-0.05, 0) is 6.42 Å². The molecule has 7 heteroatoms. The second kappa shape index (κ2) is 5.51. The third-order valence-electron chi connectivity index (χ3n) is 3.47. The molecule has 0 aliphatic carbocycles. The Morgan fingerprint density at radius 1 is 0.864 bits per heavy atom. The number of fused-ring (bicyclic) bond motifs is 1. The van der Waals surface area contributed by atoms with Crippen LogP contribution in [0.4, 0.5) is 0 Å². The fraction of sp³-hybridized carbons (Fsp3) is 0.267. The lowest BCUT2D eigenvalue weighted by molar-refractivity contribution is 0.0974. The summed E-state index contributed by atoms with van der Waals surface area (Å²) in [5, 5.41) is 58.2. The normalized spacial score (nSPS) is 11.0. The molecule has 0 unspecified atom stereocenters. The van der Waals surface area contributed by atoms with Gasteiger partial charge in [0, 0.05) is 12.5 Å². The summed E-state index contributed by atoms with van der Waals surface area (Å²) < 4.78 is 0. The molecular formula is C15H16O7. The van der Waals surface area contributed by atoms with Crippen LogP contribution >= 0.6 is 0 Å². The Kier molecular flexibility index (Phi) is 3.90. The highest BCUT2D eigenvalue weighted by Crippen LogP contribution is 2.53. The summed E-state index contributed by atoms with van der Waals surface area (Å²) in [6.07, 6.45) is 1.27. The molecule has 0 radical (unpaired) electrons. The quantitative estimate of drug-likeness (QED) is 0.290. The zero-order chi connectivity index (χ0) is 16.6. The van der Waals surface area contributed by atoms with Crippen LogP contribution in [0, 0.1) is 0 Å². The van der Waals surface area contributed by atoms with E-state index in [1.807, 2.05) is 6.92 Å². The molecule has 118 valence electrons. The lowest BCUT2D eigenvalue weighted by atomic mass is 9.96. The molecule has 2 rings (SSSR count). The SMILES string of the molecule is CCCCC(=O)c1c(O)c(O)c2c(O)c(O)cc(O)c2c1O. The summed E-state index contributed by atoms with van der Waals surface area (Å²) >= 11 is 0. The van der Waals surface area contributed by atoms with Crippen LogP contribution in [0.2, 0.25) is 0 Å². The summed E-state index contributed by atoms with van der Waals surface area (Å²) in [6.45, 7) is 1.86. The number of Topliss-reactive ketones (excluding diaryl/α,β-unsaturated/α-hetero) is 1. The van der Waals surface area contributed by atoms with Gasteiger partial charge >= 0.3 is 0 Å². The number of ketones is 1. The number of rotatable bonds is 4. The van der Waals surface area contributed by atoms with E-state index in [9.17, 15) is 35.4 Å². The van der Waals surface area contributed by atoms with E-state index >= 15 is 0 Å². The van der Waals surface area contributed by atoms with E-state index in [-0.39, 0.29) is 6.42 Å². The van der Waals surface area contributed by atoms with E-state index in [1.165, 1.54) is 0 Å². The van der Waals surface area contributed by atoms with Crippen LogP contribution in [0.5, 0.6) is 34.5 Å². The van der Waals surface area contributed by atoms with Gasteiger partial charge in [0.2, 0.25) is 0 Å². The molecule has 2 aromatic rings. The highest BCUT2D eigenvalue weighted by Gasteiger charge is 2.28. The van der Waals surface area contributed by atoms with Gasteiger partial charge in [-0.25, -0.2) is 0 Å². The maximum atomic E-state index is 12.1. The van der Waals surface area contributed by atoms with E-state index in [0.29, 0.717) is 12.8 Å². The van der Waals surface area contributed by atoms with Crippen molar-refractivity contribution in [3.05, 3.63) is 11.6 Å². The van der Waals surface area contributed by atoms with Crippen LogP contribution in [0.3, 0.4) is 0 Å². The van der Waals surface area contributed by atoms with E-state index in [0.717, 1.165) is 6.07 Å².